The summed E-state index contributed by atoms with van der Waals surface area (Å²) in [6, 6.07) is 23.2. The van der Waals surface area contributed by atoms with Gasteiger partial charge in [-0.25, -0.2) is 4.79 Å². The van der Waals surface area contributed by atoms with Gasteiger partial charge in [0.1, 0.15) is 11.3 Å². The molecule has 1 saturated heterocycles. The number of para-hydroxylation sites is 1. The molecule has 0 saturated carbocycles. The number of carboxylic acids is 1. The van der Waals surface area contributed by atoms with E-state index in [0.717, 1.165) is 24.2 Å². The molecule has 6 nitrogen and oxygen atoms in total. The van der Waals surface area contributed by atoms with Crippen molar-refractivity contribution in [1.82, 2.24) is 5.32 Å². The molecule has 1 aliphatic rings. The average molecular weight is 487 g/mol. The summed E-state index contributed by atoms with van der Waals surface area (Å²) >= 11 is 0. The quantitative estimate of drug-likeness (QED) is 0.400. The molecule has 1 aliphatic heterocycles. The molecule has 3 aromatic carbocycles. The molecule has 6 heteroatoms. The number of carbonyl (C=O) groups is 2. The molecule has 1 heterocycles. The number of anilines is 1. The molecule has 0 aliphatic carbocycles. The van der Waals surface area contributed by atoms with Crippen molar-refractivity contribution in [2.75, 3.05) is 24.6 Å². The maximum Gasteiger partial charge on any atom is 0.339 e. The van der Waals surface area contributed by atoms with E-state index in [0.29, 0.717) is 18.6 Å². The van der Waals surface area contributed by atoms with Crippen LogP contribution in [0.5, 0.6) is 5.75 Å². The largest absolute Gasteiger partial charge is 0.493 e. The van der Waals surface area contributed by atoms with Gasteiger partial charge >= 0.3 is 5.97 Å². The van der Waals surface area contributed by atoms with Gasteiger partial charge in [-0.1, -0.05) is 54.6 Å². The van der Waals surface area contributed by atoms with Gasteiger partial charge in [0.2, 0.25) is 5.91 Å². The first-order chi connectivity index (χ1) is 17.5. The Hall–Kier alpha value is -3.80. The number of piperidine rings is 1. The topological polar surface area (TPSA) is 78.9 Å². The molecule has 3 aromatic rings. The van der Waals surface area contributed by atoms with Gasteiger partial charge in [-0.3, -0.25) is 4.79 Å². The highest BCUT2D eigenvalue weighted by Gasteiger charge is 2.22. The van der Waals surface area contributed by atoms with Crippen LogP contribution in [0.4, 0.5) is 5.69 Å². The Labute approximate surface area is 212 Å². The second kappa shape index (κ2) is 12.2. The monoisotopic (exact) mass is 486 g/mol. The molecule has 0 bridgehead atoms. The fraction of sp³-hybridized carbons (Fsp3) is 0.333. The number of nitrogens with zero attached hydrogens (tertiary/aromatic N) is 1. The Morgan fingerprint density at radius 3 is 2.39 bits per heavy atom. The molecule has 188 valence electrons. The maximum absolute atomic E-state index is 13.3. The lowest BCUT2D eigenvalue weighted by atomic mass is 9.95. The van der Waals surface area contributed by atoms with Crippen molar-refractivity contribution in [3.63, 3.8) is 0 Å². The molecule has 0 unspecified atom stereocenters. The molecule has 0 radical (unpaired) electrons. The van der Waals surface area contributed by atoms with Crippen LogP contribution in [-0.2, 0) is 17.6 Å². The van der Waals surface area contributed by atoms with Crippen molar-refractivity contribution in [2.45, 2.75) is 45.1 Å². The minimum atomic E-state index is -1.05. The molecule has 4 rings (SSSR count). The van der Waals surface area contributed by atoms with E-state index < -0.39 is 5.97 Å². The minimum Gasteiger partial charge on any atom is -0.493 e. The van der Waals surface area contributed by atoms with Crippen LogP contribution in [0.2, 0.25) is 0 Å². The number of carbonyl (C=O) groups excluding carboxylic acids is 1. The first kappa shape index (κ1) is 25.3. The van der Waals surface area contributed by atoms with E-state index in [1.807, 2.05) is 24.3 Å². The van der Waals surface area contributed by atoms with E-state index in [2.05, 4.69) is 40.5 Å². The molecule has 1 atom stereocenters. The van der Waals surface area contributed by atoms with E-state index in [1.54, 1.807) is 19.1 Å². The summed E-state index contributed by atoms with van der Waals surface area (Å²) in [4.78, 5) is 27.2. The lowest BCUT2D eigenvalue weighted by molar-refractivity contribution is -0.121. The first-order valence-electron chi connectivity index (χ1n) is 12.7. The van der Waals surface area contributed by atoms with Crippen LogP contribution in [0.15, 0.2) is 72.8 Å². The fourth-order valence-electron chi connectivity index (χ4n) is 4.85. The molecule has 2 N–H and O–H groups in total. The Kier molecular flexibility index (Phi) is 8.61. The third-order valence-electron chi connectivity index (χ3n) is 6.57. The van der Waals surface area contributed by atoms with Gasteiger partial charge in [-0.2, -0.15) is 0 Å². The highest BCUT2D eigenvalue weighted by Crippen LogP contribution is 2.31. The van der Waals surface area contributed by atoms with Crippen LogP contribution in [-0.4, -0.2) is 36.7 Å². The van der Waals surface area contributed by atoms with Crippen LogP contribution in [0.3, 0.4) is 0 Å². The average Bonchev–Trinajstić information content (AvgIpc) is 2.89. The molecular formula is C30H34N2O4. The summed E-state index contributed by atoms with van der Waals surface area (Å²) < 4.78 is 5.51. The summed E-state index contributed by atoms with van der Waals surface area (Å²) in [6.07, 6.45) is 4.43. The Balaban J connectivity index is 1.58. The van der Waals surface area contributed by atoms with E-state index in [4.69, 9.17) is 4.74 Å². The van der Waals surface area contributed by atoms with Gasteiger partial charge in [0.15, 0.2) is 0 Å². The highest BCUT2D eigenvalue weighted by atomic mass is 16.5. The smallest absolute Gasteiger partial charge is 0.339 e. The summed E-state index contributed by atoms with van der Waals surface area (Å²) in [5.41, 5.74) is 4.26. The Morgan fingerprint density at radius 1 is 0.944 bits per heavy atom. The van der Waals surface area contributed by atoms with E-state index in [9.17, 15) is 14.7 Å². The summed E-state index contributed by atoms with van der Waals surface area (Å²) in [6.45, 7) is 4.21. The second-order valence-corrected chi connectivity index (χ2v) is 9.16. The van der Waals surface area contributed by atoms with Crippen molar-refractivity contribution >= 4 is 17.6 Å². The van der Waals surface area contributed by atoms with E-state index in [-0.39, 0.29) is 29.7 Å². The zero-order valence-electron chi connectivity index (χ0n) is 20.8. The molecule has 1 fully saturated rings. The predicted octanol–water partition coefficient (Wildman–Crippen LogP) is 5.42. The fourth-order valence-corrected chi connectivity index (χ4v) is 4.85. The zero-order chi connectivity index (χ0) is 25.3. The standard InChI is InChI=1S/C30H34N2O4/c1-2-36-28-20-23(15-16-25(28)30(34)35)21-29(33)31-26(19-22-11-5-3-6-12-22)24-13-7-8-14-27(24)32-17-9-4-10-18-32/h3,5-8,11-16,20,26H,2,4,9-10,17-19,21H2,1H3,(H,31,33)(H,34,35)/t26-/m1/s1. The molecule has 0 spiro atoms. The molecule has 0 aromatic heterocycles. The van der Waals surface area contributed by atoms with Gasteiger partial charge in [0, 0.05) is 18.8 Å². The Bertz CT molecular complexity index is 1170. The molecular weight excluding hydrogens is 452 g/mol. The molecule has 36 heavy (non-hydrogen) atoms. The number of hydrogen-bond acceptors (Lipinski definition) is 4. The van der Waals surface area contributed by atoms with Crippen molar-refractivity contribution in [3.05, 3.63) is 95.1 Å². The maximum atomic E-state index is 13.3. The van der Waals surface area contributed by atoms with Gasteiger partial charge in [-0.05, 0) is 67.5 Å². The van der Waals surface area contributed by atoms with Gasteiger partial charge in [-0.15, -0.1) is 0 Å². The van der Waals surface area contributed by atoms with Gasteiger partial charge in [0.25, 0.3) is 0 Å². The third kappa shape index (κ3) is 6.45. The van der Waals surface area contributed by atoms with Crippen LogP contribution >= 0.6 is 0 Å². The zero-order valence-corrected chi connectivity index (χ0v) is 20.8. The summed E-state index contributed by atoms with van der Waals surface area (Å²) in [5.74, 6) is -0.881. The van der Waals surface area contributed by atoms with Crippen LogP contribution < -0.4 is 15.0 Å². The van der Waals surface area contributed by atoms with E-state index >= 15 is 0 Å². The number of rotatable bonds is 10. The van der Waals surface area contributed by atoms with Crippen molar-refractivity contribution < 1.29 is 19.4 Å². The number of nitrogens with one attached hydrogen (secondary N) is 1. The number of ether oxygens (including phenoxy) is 1. The number of benzene rings is 3. The van der Waals surface area contributed by atoms with Crippen LogP contribution in [0.1, 0.15) is 59.3 Å². The second-order valence-electron chi connectivity index (χ2n) is 9.16. The Morgan fingerprint density at radius 2 is 1.67 bits per heavy atom. The van der Waals surface area contributed by atoms with Gasteiger partial charge < -0.3 is 20.1 Å². The van der Waals surface area contributed by atoms with Crippen molar-refractivity contribution in [2.24, 2.45) is 0 Å². The number of hydrogen-bond donors (Lipinski definition) is 2. The lowest BCUT2D eigenvalue weighted by Gasteiger charge is -2.33. The van der Waals surface area contributed by atoms with Crippen LogP contribution in [0.25, 0.3) is 0 Å². The number of aromatic carboxylic acids is 1. The lowest BCUT2D eigenvalue weighted by Crippen LogP contribution is -2.35. The van der Waals surface area contributed by atoms with Crippen LogP contribution in [0, 0.1) is 0 Å². The first-order valence-corrected chi connectivity index (χ1v) is 12.7. The SMILES string of the molecule is CCOc1cc(CC(=O)N[C@H](Cc2ccccc2)c2ccccc2N2CCCCC2)ccc1C(=O)O. The van der Waals surface area contributed by atoms with Crippen molar-refractivity contribution in [3.8, 4) is 5.75 Å². The predicted molar refractivity (Wildman–Crippen MR) is 142 cm³/mol. The van der Waals surface area contributed by atoms with Crippen molar-refractivity contribution in [1.29, 1.82) is 0 Å². The van der Waals surface area contributed by atoms with Gasteiger partial charge in [0.05, 0.1) is 19.1 Å². The summed E-state index contributed by atoms with van der Waals surface area (Å²) in [5, 5.41) is 12.7. The minimum absolute atomic E-state index is 0.0958. The normalized spacial score (nSPS) is 14.2. The molecule has 1 amide bonds. The number of carboxylic acid groups (broad SMARTS) is 1. The van der Waals surface area contributed by atoms with E-state index in [1.165, 1.54) is 31.0 Å². The number of amides is 1. The summed E-state index contributed by atoms with van der Waals surface area (Å²) in [7, 11) is 0. The third-order valence-corrected chi connectivity index (χ3v) is 6.57. The highest BCUT2D eigenvalue weighted by molar-refractivity contribution is 5.91.